The molecule has 0 bridgehead atoms. The fraction of sp³-hybridized carbons (Fsp3) is 0.312. The summed E-state index contributed by atoms with van der Waals surface area (Å²) in [6, 6.07) is 5.31. The van der Waals surface area contributed by atoms with Gasteiger partial charge in [-0.3, -0.25) is 4.79 Å². The Hall–Kier alpha value is -3.03. The summed E-state index contributed by atoms with van der Waals surface area (Å²) in [5, 5.41) is 10.9. The molecular formula is C16H16N6O2. The van der Waals surface area contributed by atoms with E-state index in [9.17, 15) is 4.79 Å². The summed E-state index contributed by atoms with van der Waals surface area (Å²) in [5.74, 6) is 1.80. The zero-order valence-corrected chi connectivity index (χ0v) is 13.4. The van der Waals surface area contributed by atoms with E-state index in [0.29, 0.717) is 17.6 Å². The molecule has 0 atom stereocenters. The molecule has 1 aliphatic rings. The standard InChI is InChI=1S/C16H16N6O2/c1-9-5-10(2)22(20-9)15-7-14(17-8-18-15)19-16(23)12-6-13(24-21-12)11-3-4-11/h5-8,11H,3-4H2,1-2H3,(H,17,18,19,23). The lowest BCUT2D eigenvalue weighted by Gasteiger charge is -2.06. The molecule has 1 saturated carbocycles. The van der Waals surface area contributed by atoms with Gasteiger partial charge in [-0.05, 0) is 32.8 Å². The van der Waals surface area contributed by atoms with Crippen molar-refractivity contribution in [3.05, 3.63) is 47.4 Å². The zero-order valence-electron chi connectivity index (χ0n) is 13.4. The highest BCUT2D eigenvalue weighted by molar-refractivity contribution is 6.02. The van der Waals surface area contributed by atoms with E-state index in [1.807, 2.05) is 19.9 Å². The van der Waals surface area contributed by atoms with Crippen LogP contribution in [-0.2, 0) is 0 Å². The van der Waals surface area contributed by atoms with E-state index in [1.165, 1.54) is 6.33 Å². The first kappa shape index (κ1) is 14.6. The lowest BCUT2D eigenvalue weighted by atomic mass is 10.3. The van der Waals surface area contributed by atoms with Crippen LogP contribution in [0.4, 0.5) is 5.82 Å². The average molecular weight is 324 g/mol. The quantitative estimate of drug-likeness (QED) is 0.791. The highest BCUT2D eigenvalue weighted by Crippen LogP contribution is 2.40. The number of nitrogens with zero attached hydrogens (tertiary/aromatic N) is 5. The number of hydrogen-bond acceptors (Lipinski definition) is 6. The van der Waals surface area contributed by atoms with Gasteiger partial charge < -0.3 is 9.84 Å². The molecule has 0 spiro atoms. The third-order valence-electron chi connectivity index (χ3n) is 3.86. The summed E-state index contributed by atoms with van der Waals surface area (Å²) < 4.78 is 6.90. The molecule has 3 heterocycles. The molecule has 0 aliphatic heterocycles. The van der Waals surface area contributed by atoms with Crippen LogP contribution < -0.4 is 5.32 Å². The Morgan fingerprint density at radius 2 is 2.08 bits per heavy atom. The van der Waals surface area contributed by atoms with E-state index >= 15 is 0 Å². The summed E-state index contributed by atoms with van der Waals surface area (Å²) in [4.78, 5) is 20.6. The largest absolute Gasteiger partial charge is 0.360 e. The molecule has 4 rings (SSSR count). The molecule has 3 aromatic rings. The van der Waals surface area contributed by atoms with Crippen molar-refractivity contribution in [3.63, 3.8) is 0 Å². The summed E-state index contributed by atoms with van der Waals surface area (Å²) in [5.41, 5.74) is 2.10. The van der Waals surface area contributed by atoms with Gasteiger partial charge in [0, 0.05) is 23.7 Å². The molecule has 8 nitrogen and oxygen atoms in total. The minimum absolute atomic E-state index is 0.253. The maximum atomic E-state index is 12.3. The van der Waals surface area contributed by atoms with Crippen molar-refractivity contribution in [1.29, 1.82) is 0 Å². The minimum atomic E-state index is -0.358. The van der Waals surface area contributed by atoms with E-state index in [1.54, 1.807) is 16.8 Å². The lowest BCUT2D eigenvalue weighted by Crippen LogP contribution is -2.14. The van der Waals surface area contributed by atoms with E-state index in [-0.39, 0.29) is 11.6 Å². The van der Waals surface area contributed by atoms with Crippen LogP contribution in [0.25, 0.3) is 5.82 Å². The van der Waals surface area contributed by atoms with E-state index < -0.39 is 0 Å². The molecule has 0 unspecified atom stereocenters. The van der Waals surface area contributed by atoms with Crippen molar-refractivity contribution in [2.45, 2.75) is 32.6 Å². The maximum absolute atomic E-state index is 12.3. The van der Waals surface area contributed by atoms with E-state index in [2.05, 4.69) is 25.5 Å². The number of aryl methyl sites for hydroxylation is 2. The molecule has 1 N–H and O–H groups in total. The Morgan fingerprint density at radius 3 is 2.79 bits per heavy atom. The number of carbonyl (C=O) groups is 1. The number of rotatable bonds is 4. The molecule has 1 fully saturated rings. The van der Waals surface area contributed by atoms with Gasteiger partial charge in [-0.2, -0.15) is 5.10 Å². The fourth-order valence-electron chi connectivity index (χ4n) is 2.53. The topological polar surface area (TPSA) is 98.7 Å². The third-order valence-corrected chi connectivity index (χ3v) is 3.86. The predicted octanol–water partition coefficient (Wildman–Crippen LogP) is 2.40. The van der Waals surface area contributed by atoms with Crippen LogP contribution in [-0.4, -0.2) is 30.8 Å². The first-order chi connectivity index (χ1) is 11.6. The number of amides is 1. The second-order valence-corrected chi connectivity index (χ2v) is 5.94. The maximum Gasteiger partial charge on any atom is 0.279 e. The summed E-state index contributed by atoms with van der Waals surface area (Å²) in [6.45, 7) is 3.85. The Kier molecular flexibility index (Phi) is 3.37. The van der Waals surface area contributed by atoms with Crippen LogP contribution in [0.15, 0.2) is 29.0 Å². The van der Waals surface area contributed by atoms with Crippen LogP contribution >= 0.6 is 0 Å². The van der Waals surface area contributed by atoms with Crippen molar-refractivity contribution in [1.82, 2.24) is 24.9 Å². The molecule has 0 aromatic carbocycles. The molecule has 122 valence electrons. The summed E-state index contributed by atoms with van der Waals surface area (Å²) in [6.07, 6.45) is 3.57. The van der Waals surface area contributed by atoms with Gasteiger partial charge >= 0.3 is 0 Å². The normalized spacial score (nSPS) is 13.9. The average Bonchev–Trinajstić information content (AvgIpc) is 3.18. The second kappa shape index (κ2) is 5.55. The van der Waals surface area contributed by atoms with Crippen molar-refractivity contribution >= 4 is 11.7 Å². The van der Waals surface area contributed by atoms with Gasteiger partial charge in [-0.25, -0.2) is 14.6 Å². The molecule has 1 amide bonds. The summed E-state index contributed by atoms with van der Waals surface area (Å²) >= 11 is 0. The molecular weight excluding hydrogens is 308 g/mol. The van der Waals surface area contributed by atoms with Crippen LogP contribution in [0, 0.1) is 13.8 Å². The number of hydrogen-bond donors (Lipinski definition) is 1. The van der Waals surface area contributed by atoms with E-state index in [4.69, 9.17) is 4.52 Å². The minimum Gasteiger partial charge on any atom is -0.360 e. The van der Waals surface area contributed by atoms with Gasteiger partial charge in [0.1, 0.15) is 17.9 Å². The predicted molar refractivity (Wildman–Crippen MR) is 85.1 cm³/mol. The molecule has 3 aromatic heterocycles. The lowest BCUT2D eigenvalue weighted by molar-refractivity contribution is 0.101. The van der Waals surface area contributed by atoms with Crippen molar-refractivity contribution < 1.29 is 9.32 Å². The number of nitrogens with one attached hydrogen (secondary N) is 1. The van der Waals surface area contributed by atoms with Crippen molar-refractivity contribution in [2.24, 2.45) is 0 Å². The van der Waals surface area contributed by atoms with Crippen molar-refractivity contribution in [3.8, 4) is 5.82 Å². The fourth-order valence-corrected chi connectivity index (χ4v) is 2.53. The molecule has 0 saturated heterocycles. The highest BCUT2D eigenvalue weighted by Gasteiger charge is 2.29. The Labute approximate surface area is 137 Å². The van der Waals surface area contributed by atoms with Gasteiger partial charge in [0.05, 0.1) is 5.69 Å². The van der Waals surface area contributed by atoms with Crippen LogP contribution in [0.1, 0.15) is 46.4 Å². The number of carbonyl (C=O) groups excluding carboxylic acids is 1. The van der Waals surface area contributed by atoms with Crippen LogP contribution in [0.2, 0.25) is 0 Å². The Bertz CT molecular complexity index is 909. The summed E-state index contributed by atoms with van der Waals surface area (Å²) in [7, 11) is 0. The Balaban J connectivity index is 1.54. The Morgan fingerprint density at radius 1 is 1.25 bits per heavy atom. The highest BCUT2D eigenvalue weighted by atomic mass is 16.5. The molecule has 8 heteroatoms. The first-order valence-corrected chi connectivity index (χ1v) is 7.74. The van der Waals surface area contributed by atoms with Gasteiger partial charge in [-0.1, -0.05) is 5.16 Å². The molecule has 1 aliphatic carbocycles. The zero-order chi connectivity index (χ0) is 16.7. The number of anilines is 1. The first-order valence-electron chi connectivity index (χ1n) is 7.74. The van der Waals surface area contributed by atoms with Gasteiger partial charge in [0.15, 0.2) is 11.5 Å². The van der Waals surface area contributed by atoms with Gasteiger partial charge in [0.25, 0.3) is 5.91 Å². The van der Waals surface area contributed by atoms with E-state index in [0.717, 1.165) is 30.0 Å². The van der Waals surface area contributed by atoms with Crippen molar-refractivity contribution in [2.75, 3.05) is 5.32 Å². The smallest absolute Gasteiger partial charge is 0.279 e. The third kappa shape index (κ3) is 2.78. The second-order valence-electron chi connectivity index (χ2n) is 5.94. The van der Waals surface area contributed by atoms with Crippen LogP contribution in [0.3, 0.4) is 0 Å². The van der Waals surface area contributed by atoms with Gasteiger partial charge in [-0.15, -0.1) is 0 Å². The SMILES string of the molecule is Cc1cc(C)n(-c2cc(NC(=O)c3cc(C4CC4)on3)ncn2)n1. The van der Waals surface area contributed by atoms with Crippen LogP contribution in [0.5, 0.6) is 0 Å². The molecule has 24 heavy (non-hydrogen) atoms. The molecule has 0 radical (unpaired) electrons. The number of aromatic nitrogens is 5. The monoisotopic (exact) mass is 324 g/mol. The van der Waals surface area contributed by atoms with Gasteiger partial charge in [0.2, 0.25) is 0 Å².